The maximum atomic E-state index is 13.4. The summed E-state index contributed by atoms with van der Waals surface area (Å²) in [5, 5.41) is 12.0. The summed E-state index contributed by atoms with van der Waals surface area (Å²) in [5.74, 6) is -3.20. The van der Waals surface area contributed by atoms with Gasteiger partial charge in [0.15, 0.2) is 11.6 Å². The number of halogens is 2. The Morgan fingerprint density at radius 1 is 1.29 bits per heavy atom. The number of nitrogens with zero attached hydrogens (tertiary/aromatic N) is 1. The molecule has 7 heteroatoms. The van der Waals surface area contributed by atoms with Crippen LogP contribution in [-0.4, -0.2) is 36.1 Å². The van der Waals surface area contributed by atoms with E-state index in [0.717, 1.165) is 25.0 Å². The average molecular weight is 338 g/mol. The number of carbonyl (C=O) groups is 2. The molecule has 1 saturated carbocycles. The van der Waals surface area contributed by atoms with Crippen molar-refractivity contribution in [2.24, 2.45) is 11.8 Å². The van der Waals surface area contributed by atoms with E-state index in [1.165, 1.54) is 11.0 Å². The average Bonchev–Trinajstić information content (AvgIpc) is 3.32. The minimum absolute atomic E-state index is 0.0129. The van der Waals surface area contributed by atoms with Crippen molar-refractivity contribution in [2.75, 3.05) is 18.1 Å². The minimum atomic E-state index is -1.02. The van der Waals surface area contributed by atoms with Crippen LogP contribution >= 0.6 is 0 Å². The number of nitrogens with one attached hydrogen (secondary N) is 1. The van der Waals surface area contributed by atoms with Gasteiger partial charge in [-0.1, -0.05) is 0 Å². The number of aliphatic hydroxyl groups excluding tert-OH is 1. The summed E-state index contributed by atoms with van der Waals surface area (Å²) < 4.78 is 26.4. The van der Waals surface area contributed by atoms with Gasteiger partial charge < -0.3 is 15.3 Å². The Hall–Kier alpha value is -2.02. The van der Waals surface area contributed by atoms with Gasteiger partial charge in [0.05, 0.1) is 0 Å². The third kappa shape index (κ3) is 3.40. The van der Waals surface area contributed by atoms with E-state index in [9.17, 15) is 18.4 Å². The standard InChI is InChI=1S/C17H20F2N2O3/c18-13-4-3-11(9-14(13)19)21-7-5-12(17(21)24)16(23)20-15(6-8-22)10-1-2-10/h3-4,9-10,12,15,22H,1-2,5-8H2,(H,20,23). The lowest BCUT2D eigenvalue weighted by Crippen LogP contribution is -2.43. The molecule has 2 unspecified atom stereocenters. The first kappa shape index (κ1) is 16.8. The summed E-state index contributed by atoms with van der Waals surface area (Å²) in [6.45, 7) is 0.275. The first-order valence-corrected chi connectivity index (χ1v) is 8.19. The summed E-state index contributed by atoms with van der Waals surface area (Å²) in [5.41, 5.74) is 0.253. The van der Waals surface area contributed by atoms with Gasteiger partial charge in [0.1, 0.15) is 5.92 Å². The molecule has 1 heterocycles. The van der Waals surface area contributed by atoms with Gasteiger partial charge in [-0.2, -0.15) is 0 Å². The molecule has 2 atom stereocenters. The topological polar surface area (TPSA) is 69.6 Å². The fourth-order valence-electron chi connectivity index (χ4n) is 3.18. The number of amides is 2. The van der Waals surface area contributed by atoms with Gasteiger partial charge in [-0.05, 0) is 43.7 Å². The van der Waals surface area contributed by atoms with Crippen molar-refractivity contribution >= 4 is 17.5 Å². The third-order valence-corrected chi connectivity index (χ3v) is 4.70. The van der Waals surface area contributed by atoms with Crippen LogP contribution in [0.2, 0.25) is 0 Å². The fraction of sp³-hybridized carbons (Fsp3) is 0.529. The second-order valence-corrected chi connectivity index (χ2v) is 6.39. The van der Waals surface area contributed by atoms with E-state index >= 15 is 0 Å². The van der Waals surface area contributed by atoms with Crippen molar-refractivity contribution in [1.82, 2.24) is 5.32 Å². The number of hydrogen-bond acceptors (Lipinski definition) is 3. The predicted octanol–water partition coefficient (Wildman–Crippen LogP) is 1.59. The second-order valence-electron chi connectivity index (χ2n) is 6.39. The summed E-state index contributed by atoms with van der Waals surface area (Å²) in [6, 6.07) is 3.16. The third-order valence-electron chi connectivity index (χ3n) is 4.70. The molecule has 2 fully saturated rings. The molecule has 0 spiro atoms. The van der Waals surface area contributed by atoms with Gasteiger partial charge in [0, 0.05) is 30.9 Å². The van der Waals surface area contributed by atoms with Crippen LogP contribution in [0.15, 0.2) is 18.2 Å². The first-order chi connectivity index (χ1) is 11.5. The molecule has 24 heavy (non-hydrogen) atoms. The summed E-state index contributed by atoms with van der Waals surface area (Å²) in [7, 11) is 0. The molecule has 1 aromatic carbocycles. The molecule has 1 aromatic rings. The zero-order valence-electron chi connectivity index (χ0n) is 13.2. The van der Waals surface area contributed by atoms with Crippen molar-refractivity contribution in [3.63, 3.8) is 0 Å². The zero-order valence-corrected chi connectivity index (χ0v) is 13.2. The zero-order chi connectivity index (χ0) is 17.3. The number of aliphatic hydroxyl groups is 1. The summed E-state index contributed by atoms with van der Waals surface area (Å²) in [6.07, 6.45) is 2.85. The fourth-order valence-corrected chi connectivity index (χ4v) is 3.18. The smallest absolute Gasteiger partial charge is 0.239 e. The highest BCUT2D eigenvalue weighted by atomic mass is 19.2. The van der Waals surface area contributed by atoms with Crippen LogP contribution in [0.25, 0.3) is 0 Å². The van der Waals surface area contributed by atoms with Crippen LogP contribution in [0.1, 0.15) is 25.7 Å². The SMILES string of the molecule is O=C(NC(CCO)C1CC1)C1CCN(c2ccc(F)c(F)c2)C1=O. The van der Waals surface area contributed by atoms with Crippen molar-refractivity contribution in [2.45, 2.75) is 31.7 Å². The summed E-state index contributed by atoms with van der Waals surface area (Å²) in [4.78, 5) is 26.2. The maximum Gasteiger partial charge on any atom is 0.239 e. The Labute approximate surface area is 138 Å². The number of anilines is 1. The number of rotatable bonds is 6. The van der Waals surface area contributed by atoms with E-state index in [1.54, 1.807) is 0 Å². The molecule has 0 aromatic heterocycles. The molecule has 130 valence electrons. The molecular weight excluding hydrogens is 318 g/mol. The van der Waals surface area contributed by atoms with E-state index < -0.39 is 23.5 Å². The Morgan fingerprint density at radius 3 is 2.67 bits per heavy atom. The molecule has 1 saturated heterocycles. The van der Waals surface area contributed by atoms with Crippen LogP contribution in [0, 0.1) is 23.5 Å². The van der Waals surface area contributed by atoms with Crippen LogP contribution in [0.5, 0.6) is 0 Å². The highest BCUT2D eigenvalue weighted by Crippen LogP contribution is 2.34. The molecular formula is C17H20F2N2O3. The largest absolute Gasteiger partial charge is 0.396 e. The van der Waals surface area contributed by atoms with Gasteiger partial charge in [-0.25, -0.2) is 8.78 Å². The summed E-state index contributed by atoms with van der Waals surface area (Å²) >= 11 is 0. The lowest BCUT2D eigenvalue weighted by Gasteiger charge is -2.20. The highest BCUT2D eigenvalue weighted by Gasteiger charge is 2.40. The lowest BCUT2D eigenvalue weighted by atomic mass is 10.0. The van der Waals surface area contributed by atoms with Gasteiger partial charge in [0.25, 0.3) is 0 Å². The second kappa shape index (κ2) is 6.84. The van der Waals surface area contributed by atoms with Gasteiger partial charge >= 0.3 is 0 Å². The molecule has 1 aliphatic heterocycles. The molecule has 3 rings (SSSR count). The van der Waals surface area contributed by atoms with Gasteiger partial charge in [-0.3, -0.25) is 9.59 Å². The quantitative estimate of drug-likeness (QED) is 0.774. The maximum absolute atomic E-state index is 13.4. The van der Waals surface area contributed by atoms with Crippen molar-refractivity contribution in [3.05, 3.63) is 29.8 Å². The van der Waals surface area contributed by atoms with E-state index in [0.29, 0.717) is 18.8 Å². The number of carbonyl (C=O) groups excluding carboxylic acids is 2. The van der Waals surface area contributed by atoms with Crippen molar-refractivity contribution in [3.8, 4) is 0 Å². The number of hydrogen-bond donors (Lipinski definition) is 2. The van der Waals surface area contributed by atoms with Crippen LogP contribution in [-0.2, 0) is 9.59 Å². The van der Waals surface area contributed by atoms with Crippen LogP contribution in [0.4, 0.5) is 14.5 Å². The Bertz CT molecular complexity index is 649. The van der Waals surface area contributed by atoms with E-state index in [2.05, 4.69) is 5.32 Å². The Balaban J connectivity index is 1.66. The first-order valence-electron chi connectivity index (χ1n) is 8.19. The molecule has 0 radical (unpaired) electrons. The minimum Gasteiger partial charge on any atom is -0.396 e. The predicted molar refractivity (Wildman–Crippen MR) is 83.2 cm³/mol. The lowest BCUT2D eigenvalue weighted by molar-refractivity contribution is -0.132. The molecule has 5 nitrogen and oxygen atoms in total. The van der Waals surface area contributed by atoms with E-state index in [1.807, 2.05) is 0 Å². The van der Waals surface area contributed by atoms with Crippen molar-refractivity contribution in [1.29, 1.82) is 0 Å². The normalized spacial score (nSPS) is 21.9. The Kier molecular flexibility index (Phi) is 4.80. The molecule has 2 amide bonds. The van der Waals surface area contributed by atoms with Crippen LogP contribution in [0.3, 0.4) is 0 Å². The Morgan fingerprint density at radius 2 is 2.04 bits per heavy atom. The highest BCUT2D eigenvalue weighted by molar-refractivity contribution is 6.09. The van der Waals surface area contributed by atoms with Gasteiger partial charge in [-0.15, -0.1) is 0 Å². The number of benzene rings is 1. The molecule has 2 N–H and O–H groups in total. The van der Waals surface area contributed by atoms with E-state index in [4.69, 9.17) is 5.11 Å². The molecule has 1 aliphatic carbocycles. The van der Waals surface area contributed by atoms with E-state index in [-0.39, 0.29) is 30.8 Å². The molecule has 2 aliphatic rings. The van der Waals surface area contributed by atoms with Crippen molar-refractivity contribution < 1.29 is 23.5 Å². The van der Waals surface area contributed by atoms with Crippen LogP contribution < -0.4 is 10.2 Å². The van der Waals surface area contributed by atoms with Gasteiger partial charge in [0.2, 0.25) is 11.8 Å². The monoisotopic (exact) mass is 338 g/mol. The molecule has 0 bridgehead atoms.